The first kappa shape index (κ1) is 11.0. The van der Waals surface area contributed by atoms with Gasteiger partial charge >= 0.3 is 0 Å². The predicted molar refractivity (Wildman–Crippen MR) is 65.5 cm³/mol. The average molecular weight is 235 g/mol. The number of aromatic nitrogens is 2. The molecule has 0 unspecified atom stereocenters. The van der Waals surface area contributed by atoms with Crippen LogP contribution < -0.4 is 5.32 Å². The second-order valence-electron chi connectivity index (χ2n) is 3.43. The summed E-state index contributed by atoms with van der Waals surface area (Å²) in [5, 5.41) is 3.24. The Balaban J connectivity index is 2.18. The van der Waals surface area contributed by atoms with Crippen LogP contribution >= 0.6 is 11.8 Å². The molecule has 0 saturated heterocycles. The van der Waals surface area contributed by atoms with E-state index in [1.54, 1.807) is 7.05 Å². The van der Waals surface area contributed by atoms with Gasteiger partial charge in [-0.3, -0.25) is 4.79 Å². The first-order chi connectivity index (χ1) is 7.70. The Morgan fingerprint density at radius 3 is 2.94 bits per heavy atom. The van der Waals surface area contributed by atoms with Crippen molar-refractivity contribution in [3.63, 3.8) is 0 Å². The van der Waals surface area contributed by atoms with Gasteiger partial charge in [0.15, 0.2) is 5.16 Å². The number of nitrogens with zero attached hydrogens (tertiary/aromatic N) is 1. The number of benzene rings is 1. The highest BCUT2D eigenvalue weighted by Gasteiger charge is 2.14. The summed E-state index contributed by atoms with van der Waals surface area (Å²) in [6.07, 6.45) is 0. The maximum absolute atomic E-state index is 11.4. The third kappa shape index (κ3) is 2.19. The van der Waals surface area contributed by atoms with Crippen LogP contribution in [0.4, 0.5) is 0 Å². The topological polar surface area (TPSA) is 57.8 Å². The van der Waals surface area contributed by atoms with Gasteiger partial charge in [0.25, 0.3) is 0 Å². The van der Waals surface area contributed by atoms with E-state index in [1.165, 1.54) is 11.8 Å². The van der Waals surface area contributed by atoms with Crippen molar-refractivity contribution in [1.82, 2.24) is 15.3 Å². The molecule has 5 heteroatoms. The van der Waals surface area contributed by atoms with Crippen molar-refractivity contribution in [3.8, 4) is 0 Å². The third-order valence-corrected chi connectivity index (χ3v) is 3.26. The average Bonchev–Trinajstić information content (AvgIpc) is 2.69. The number of fused-ring (bicyclic) bond motifs is 1. The normalized spacial score (nSPS) is 12.6. The Bertz CT molecular complexity index is 476. The van der Waals surface area contributed by atoms with E-state index in [0.29, 0.717) is 0 Å². The van der Waals surface area contributed by atoms with Crippen LogP contribution in [0, 0.1) is 0 Å². The summed E-state index contributed by atoms with van der Waals surface area (Å²) in [5.74, 6) is 0.00505. The standard InChI is InChI=1S/C11H13N3OS/c1-7(10(15)12-2)16-11-13-8-5-3-4-6-9(8)14-11/h3-7H,1-2H3,(H,12,15)(H,13,14)/t7-/m1/s1. The van der Waals surface area contributed by atoms with E-state index in [-0.39, 0.29) is 11.2 Å². The van der Waals surface area contributed by atoms with E-state index >= 15 is 0 Å². The smallest absolute Gasteiger partial charge is 0.233 e. The SMILES string of the molecule is CNC(=O)[C@@H](C)Sc1nc2ccccc2[nH]1. The summed E-state index contributed by atoms with van der Waals surface area (Å²) < 4.78 is 0. The van der Waals surface area contributed by atoms with Gasteiger partial charge < -0.3 is 10.3 Å². The second-order valence-corrected chi connectivity index (χ2v) is 4.76. The second kappa shape index (κ2) is 4.57. The Labute approximate surface area is 97.8 Å². The molecular formula is C11H13N3OS. The Kier molecular flexibility index (Phi) is 3.14. The minimum Gasteiger partial charge on any atom is -0.358 e. The van der Waals surface area contributed by atoms with Gasteiger partial charge in [-0.15, -0.1) is 0 Å². The fourth-order valence-electron chi connectivity index (χ4n) is 1.41. The number of hydrogen-bond donors (Lipinski definition) is 2. The molecule has 1 amide bonds. The molecule has 1 atom stereocenters. The zero-order chi connectivity index (χ0) is 11.5. The van der Waals surface area contributed by atoms with Gasteiger partial charge in [-0.2, -0.15) is 0 Å². The lowest BCUT2D eigenvalue weighted by Gasteiger charge is -2.06. The summed E-state index contributed by atoms with van der Waals surface area (Å²) in [5.41, 5.74) is 1.92. The maximum atomic E-state index is 11.4. The lowest BCUT2D eigenvalue weighted by atomic mass is 10.3. The molecule has 1 aromatic heterocycles. The Morgan fingerprint density at radius 1 is 1.50 bits per heavy atom. The molecule has 2 rings (SSSR count). The molecule has 16 heavy (non-hydrogen) atoms. The first-order valence-electron chi connectivity index (χ1n) is 5.03. The zero-order valence-electron chi connectivity index (χ0n) is 9.15. The van der Waals surface area contributed by atoms with Crippen LogP contribution in [0.1, 0.15) is 6.92 Å². The van der Waals surface area contributed by atoms with Crippen LogP contribution in [0.5, 0.6) is 0 Å². The van der Waals surface area contributed by atoms with E-state index in [0.717, 1.165) is 16.2 Å². The van der Waals surface area contributed by atoms with Gasteiger partial charge in [0, 0.05) is 7.05 Å². The minimum atomic E-state index is -0.148. The first-order valence-corrected chi connectivity index (χ1v) is 5.91. The predicted octanol–water partition coefficient (Wildman–Crippen LogP) is 1.79. The molecule has 0 fully saturated rings. The number of thioether (sulfide) groups is 1. The van der Waals surface area contributed by atoms with Crippen molar-refractivity contribution in [1.29, 1.82) is 0 Å². The largest absolute Gasteiger partial charge is 0.358 e. The number of para-hydroxylation sites is 2. The highest BCUT2D eigenvalue weighted by Crippen LogP contribution is 2.23. The summed E-state index contributed by atoms with van der Waals surface area (Å²) in [4.78, 5) is 18.9. The highest BCUT2D eigenvalue weighted by atomic mass is 32.2. The summed E-state index contributed by atoms with van der Waals surface area (Å²) >= 11 is 1.42. The quantitative estimate of drug-likeness (QED) is 0.797. The molecule has 1 heterocycles. The minimum absolute atomic E-state index is 0.00505. The van der Waals surface area contributed by atoms with Gasteiger partial charge in [0.1, 0.15) is 0 Å². The van der Waals surface area contributed by atoms with Gasteiger partial charge in [-0.05, 0) is 19.1 Å². The van der Waals surface area contributed by atoms with Crippen LogP contribution in [0.25, 0.3) is 11.0 Å². The number of rotatable bonds is 3. The lowest BCUT2D eigenvalue weighted by molar-refractivity contribution is -0.119. The summed E-state index contributed by atoms with van der Waals surface area (Å²) in [6, 6.07) is 7.81. The van der Waals surface area contributed by atoms with Crippen molar-refractivity contribution in [2.75, 3.05) is 7.05 Å². The van der Waals surface area contributed by atoms with Gasteiger partial charge in [0.2, 0.25) is 5.91 Å². The molecule has 0 spiro atoms. The monoisotopic (exact) mass is 235 g/mol. The number of carbonyl (C=O) groups excluding carboxylic acids is 1. The fraction of sp³-hybridized carbons (Fsp3) is 0.273. The van der Waals surface area contributed by atoms with E-state index < -0.39 is 0 Å². The molecule has 0 aliphatic carbocycles. The van der Waals surface area contributed by atoms with Crippen molar-refractivity contribution in [2.24, 2.45) is 0 Å². The van der Waals surface area contributed by atoms with E-state index in [1.807, 2.05) is 31.2 Å². The van der Waals surface area contributed by atoms with Crippen LogP contribution in [0.15, 0.2) is 29.4 Å². The Hall–Kier alpha value is -1.49. The third-order valence-electron chi connectivity index (χ3n) is 2.27. The van der Waals surface area contributed by atoms with Gasteiger partial charge in [-0.1, -0.05) is 23.9 Å². The molecule has 0 radical (unpaired) electrons. The van der Waals surface area contributed by atoms with Crippen LogP contribution in [0.3, 0.4) is 0 Å². The Morgan fingerprint density at radius 2 is 2.25 bits per heavy atom. The molecule has 0 saturated carbocycles. The van der Waals surface area contributed by atoms with Crippen LogP contribution in [0.2, 0.25) is 0 Å². The summed E-state index contributed by atoms with van der Waals surface area (Å²) in [7, 11) is 1.64. The molecule has 84 valence electrons. The number of aromatic amines is 1. The van der Waals surface area contributed by atoms with Crippen molar-refractivity contribution in [3.05, 3.63) is 24.3 Å². The van der Waals surface area contributed by atoms with E-state index in [2.05, 4.69) is 15.3 Å². The molecule has 1 aromatic carbocycles. The molecule has 2 N–H and O–H groups in total. The van der Waals surface area contributed by atoms with E-state index in [4.69, 9.17) is 0 Å². The number of hydrogen-bond acceptors (Lipinski definition) is 3. The maximum Gasteiger partial charge on any atom is 0.233 e. The lowest BCUT2D eigenvalue weighted by Crippen LogP contribution is -2.27. The number of amides is 1. The van der Waals surface area contributed by atoms with Gasteiger partial charge in [-0.25, -0.2) is 4.98 Å². The highest BCUT2D eigenvalue weighted by molar-refractivity contribution is 8.00. The molecule has 0 aliphatic rings. The van der Waals surface area contributed by atoms with Crippen molar-refractivity contribution >= 4 is 28.7 Å². The molecule has 4 nitrogen and oxygen atoms in total. The number of imidazole rings is 1. The summed E-state index contributed by atoms with van der Waals surface area (Å²) in [6.45, 7) is 1.86. The zero-order valence-corrected chi connectivity index (χ0v) is 9.97. The molecule has 0 aliphatic heterocycles. The van der Waals surface area contributed by atoms with Crippen molar-refractivity contribution in [2.45, 2.75) is 17.3 Å². The molecule has 2 aromatic rings. The number of carbonyl (C=O) groups is 1. The molecule has 0 bridgehead atoms. The van der Waals surface area contributed by atoms with E-state index in [9.17, 15) is 4.79 Å². The van der Waals surface area contributed by atoms with Crippen LogP contribution in [-0.4, -0.2) is 28.2 Å². The van der Waals surface area contributed by atoms with Crippen LogP contribution in [-0.2, 0) is 4.79 Å². The number of H-pyrrole nitrogens is 1. The van der Waals surface area contributed by atoms with Crippen molar-refractivity contribution < 1.29 is 4.79 Å². The number of nitrogens with one attached hydrogen (secondary N) is 2. The fourth-order valence-corrected chi connectivity index (χ4v) is 2.29. The van der Waals surface area contributed by atoms with Gasteiger partial charge in [0.05, 0.1) is 16.3 Å². The molecular weight excluding hydrogens is 222 g/mol.